The van der Waals surface area contributed by atoms with E-state index in [1.807, 2.05) is 42.5 Å². The van der Waals surface area contributed by atoms with E-state index in [4.69, 9.17) is 22.4 Å². The number of hydrogen-bond acceptors (Lipinski definition) is 4. The van der Waals surface area contributed by atoms with Crippen LogP contribution in [0.2, 0.25) is 0 Å². The van der Waals surface area contributed by atoms with E-state index in [9.17, 15) is 0 Å². The summed E-state index contributed by atoms with van der Waals surface area (Å²) in [5, 5.41) is 4.18. The quantitative estimate of drug-likeness (QED) is 0.720. The van der Waals surface area contributed by atoms with Crippen molar-refractivity contribution in [2.24, 2.45) is 5.73 Å². The van der Waals surface area contributed by atoms with E-state index in [0.717, 1.165) is 28.0 Å². The van der Waals surface area contributed by atoms with Gasteiger partial charge >= 0.3 is 0 Å². The zero-order chi connectivity index (χ0) is 13.9. The Labute approximate surface area is 121 Å². The molecular formula is C15H13N3OS. The van der Waals surface area contributed by atoms with Gasteiger partial charge in [-0.1, -0.05) is 30.4 Å². The Hall–Kier alpha value is -2.40. The van der Waals surface area contributed by atoms with E-state index < -0.39 is 0 Å². The molecule has 0 spiro atoms. The lowest BCUT2D eigenvalue weighted by atomic mass is 10.1. The number of benzene rings is 1. The topological polar surface area (TPSA) is 64.1 Å². The summed E-state index contributed by atoms with van der Waals surface area (Å²) in [4.78, 5) is 4.92. The smallest absolute Gasteiger partial charge is 0.127 e. The minimum atomic E-state index is 0.365. The second kappa shape index (κ2) is 5.30. The Morgan fingerprint density at radius 1 is 1.25 bits per heavy atom. The first kappa shape index (κ1) is 12.6. The van der Waals surface area contributed by atoms with Gasteiger partial charge in [0.1, 0.15) is 16.6 Å². The van der Waals surface area contributed by atoms with Crippen LogP contribution in [0.3, 0.4) is 0 Å². The summed E-state index contributed by atoms with van der Waals surface area (Å²) in [5.74, 6) is 1.57. The number of hydrogen-bond donors (Lipinski definition) is 2. The predicted octanol–water partition coefficient (Wildman–Crippen LogP) is 3.07. The zero-order valence-electron chi connectivity index (χ0n) is 10.7. The first-order chi connectivity index (χ1) is 9.74. The monoisotopic (exact) mass is 283 g/mol. The molecule has 0 aliphatic heterocycles. The van der Waals surface area contributed by atoms with Gasteiger partial charge in [0.25, 0.3) is 0 Å². The molecule has 0 saturated heterocycles. The highest BCUT2D eigenvalue weighted by Crippen LogP contribution is 2.21. The predicted molar refractivity (Wildman–Crippen MR) is 83.7 cm³/mol. The van der Waals surface area contributed by atoms with E-state index in [1.165, 1.54) is 0 Å². The van der Waals surface area contributed by atoms with Crippen molar-refractivity contribution in [1.29, 1.82) is 0 Å². The summed E-state index contributed by atoms with van der Waals surface area (Å²) in [7, 11) is 0. The molecule has 0 aliphatic carbocycles. The van der Waals surface area contributed by atoms with Crippen LogP contribution in [-0.2, 0) is 6.54 Å². The van der Waals surface area contributed by atoms with Gasteiger partial charge in [-0.3, -0.25) is 0 Å². The highest BCUT2D eigenvalue weighted by Gasteiger charge is 2.07. The molecule has 5 heteroatoms. The number of fused-ring (bicyclic) bond motifs is 1. The molecule has 20 heavy (non-hydrogen) atoms. The van der Waals surface area contributed by atoms with Crippen LogP contribution in [0.4, 0.5) is 5.82 Å². The van der Waals surface area contributed by atoms with Crippen molar-refractivity contribution < 1.29 is 4.42 Å². The number of pyridine rings is 1. The van der Waals surface area contributed by atoms with Crippen LogP contribution in [0.25, 0.3) is 10.9 Å². The van der Waals surface area contributed by atoms with Crippen LogP contribution in [0.15, 0.2) is 53.1 Å². The Bertz CT molecular complexity index is 753. The molecule has 4 nitrogen and oxygen atoms in total. The van der Waals surface area contributed by atoms with Crippen LogP contribution in [-0.4, -0.2) is 9.97 Å². The average Bonchev–Trinajstić information content (AvgIpc) is 2.97. The molecule has 3 rings (SSSR count). The molecule has 2 aromatic heterocycles. The van der Waals surface area contributed by atoms with Gasteiger partial charge in [-0.05, 0) is 24.3 Å². The number of nitrogens with two attached hydrogens (primary N) is 1. The summed E-state index contributed by atoms with van der Waals surface area (Å²) >= 11 is 5.12. The third-order valence-corrected chi connectivity index (χ3v) is 3.23. The molecule has 0 radical (unpaired) electrons. The van der Waals surface area contributed by atoms with E-state index in [1.54, 1.807) is 6.26 Å². The lowest BCUT2D eigenvalue weighted by Gasteiger charge is -2.09. The molecule has 1 aromatic carbocycles. The fraction of sp³-hybridized carbons (Fsp3) is 0.0667. The van der Waals surface area contributed by atoms with Crippen LogP contribution < -0.4 is 11.1 Å². The number of thiocarbonyl (C=S) groups is 1. The molecular weight excluding hydrogens is 270 g/mol. The second-order valence-electron chi connectivity index (χ2n) is 4.37. The Balaban J connectivity index is 1.97. The van der Waals surface area contributed by atoms with Crippen molar-refractivity contribution in [2.75, 3.05) is 5.32 Å². The van der Waals surface area contributed by atoms with E-state index in [0.29, 0.717) is 11.5 Å². The molecule has 0 fully saturated rings. The maximum absolute atomic E-state index is 5.80. The molecule has 0 unspecified atom stereocenters. The molecule has 0 saturated carbocycles. The standard InChI is InChI=1S/C15H13N3OS/c16-15(20)12-8-14(17-9-10-4-3-7-19-10)18-13-6-2-1-5-11(12)13/h1-8H,9H2,(H2,16,20)(H,17,18). The molecule has 0 bridgehead atoms. The second-order valence-corrected chi connectivity index (χ2v) is 4.81. The third kappa shape index (κ3) is 2.48. The first-order valence-corrected chi connectivity index (χ1v) is 6.61. The Morgan fingerprint density at radius 3 is 2.85 bits per heavy atom. The Morgan fingerprint density at radius 2 is 2.10 bits per heavy atom. The van der Waals surface area contributed by atoms with E-state index in [-0.39, 0.29) is 0 Å². The van der Waals surface area contributed by atoms with Crippen molar-refractivity contribution in [3.8, 4) is 0 Å². The summed E-state index contributed by atoms with van der Waals surface area (Å²) < 4.78 is 5.28. The molecule has 3 N–H and O–H groups in total. The number of aromatic nitrogens is 1. The Kier molecular flexibility index (Phi) is 3.35. The number of para-hydroxylation sites is 1. The van der Waals surface area contributed by atoms with Crippen molar-refractivity contribution in [3.05, 3.63) is 60.1 Å². The fourth-order valence-corrected chi connectivity index (χ4v) is 2.23. The molecule has 0 amide bonds. The van der Waals surface area contributed by atoms with Crippen LogP contribution in [0, 0.1) is 0 Å². The summed E-state index contributed by atoms with van der Waals surface area (Å²) in [6, 6.07) is 13.4. The summed E-state index contributed by atoms with van der Waals surface area (Å²) in [6.45, 7) is 0.565. The van der Waals surface area contributed by atoms with Crippen molar-refractivity contribution in [3.63, 3.8) is 0 Å². The fourth-order valence-electron chi connectivity index (χ4n) is 2.06. The van der Waals surface area contributed by atoms with Gasteiger partial charge in [-0.25, -0.2) is 4.98 Å². The van der Waals surface area contributed by atoms with Gasteiger partial charge < -0.3 is 15.5 Å². The van der Waals surface area contributed by atoms with Crippen molar-refractivity contribution >= 4 is 33.9 Å². The van der Waals surface area contributed by atoms with Gasteiger partial charge in [-0.2, -0.15) is 0 Å². The number of nitrogens with one attached hydrogen (secondary N) is 1. The lowest BCUT2D eigenvalue weighted by molar-refractivity contribution is 0.518. The van der Waals surface area contributed by atoms with Gasteiger partial charge in [0, 0.05) is 10.9 Å². The minimum Gasteiger partial charge on any atom is -0.467 e. The first-order valence-electron chi connectivity index (χ1n) is 6.20. The number of anilines is 1. The number of nitrogens with zero attached hydrogens (tertiary/aromatic N) is 1. The van der Waals surface area contributed by atoms with Gasteiger partial charge in [-0.15, -0.1) is 0 Å². The van der Waals surface area contributed by atoms with E-state index in [2.05, 4.69) is 10.3 Å². The van der Waals surface area contributed by atoms with Crippen LogP contribution in [0.5, 0.6) is 0 Å². The summed E-state index contributed by atoms with van der Waals surface area (Å²) in [6.07, 6.45) is 1.64. The normalized spacial score (nSPS) is 10.6. The number of rotatable bonds is 4. The maximum atomic E-state index is 5.80. The molecule has 0 atom stereocenters. The van der Waals surface area contributed by atoms with Gasteiger partial charge in [0.05, 0.1) is 18.3 Å². The third-order valence-electron chi connectivity index (χ3n) is 3.01. The highest BCUT2D eigenvalue weighted by molar-refractivity contribution is 7.80. The molecule has 2 heterocycles. The molecule has 3 aromatic rings. The molecule has 100 valence electrons. The SMILES string of the molecule is NC(=S)c1cc(NCc2ccco2)nc2ccccc12. The van der Waals surface area contributed by atoms with Crippen molar-refractivity contribution in [2.45, 2.75) is 6.54 Å². The van der Waals surface area contributed by atoms with Crippen LogP contribution in [0.1, 0.15) is 11.3 Å². The minimum absolute atomic E-state index is 0.365. The van der Waals surface area contributed by atoms with Gasteiger partial charge in [0.2, 0.25) is 0 Å². The molecule has 0 aliphatic rings. The number of furan rings is 1. The zero-order valence-corrected chi connectivity index (χ0v) is 11.5. The largest absolute Gasteiger partial charge is 0.467 e. The summed E-state index contributed by atoms with van der Waals surface area (Å²) in [5.41, 5.74) is 7.48. The van der Waals surface area contributed by atoms with Crippen LogP contribution >= 0.6 is 12.2 Å². The highest BCUT2D eigenvalue weighted by atomic mass is 32.1. The maximum Gasteiger partial charge on any atom is 0.127 e. The van der Waals surface area contributed by atoms with Crippen molar-refractivity contribution in [1.82, 2.24) is 4.98 Å². The average molecular weight is 283 g/mol. The van der Waals surface area contributed by atoms with E-state index >= 15 is 0 Å². The lowest BCUT2D eigenvalue weighted by Crippen LogP contribution is -2.11. The van der Waals surface area contributed by atoms with Gasteiger partial charge in [0.15, 0.2) is 0 Å².